The normalized spacial score (nSPS) is 22.3. The third-order valence-corrected chi connectivity index (χ3v) is 4.72. The highest BCUT2D eigenvalue weighted by Gasteiger charge is 2.42. The summed E-state index contributed by atoms with van der Waals surface area (Å²) in [5.74, 6) is 0.258. The number of benzene rings is 1. The summed E-state index contributed by atoms with van der Waals surface area (Å²) in [5.41, 5.74) is 1.29. The minimum absolute atomic E-state index is 0.00530. The molecule has 1 aromatic carbocycles. The number of nitrogens with zero attached hydrogens (tertiary/aromatic N) is 1. The number of ether oxygens (including phenoxy) is 3. The molecule has 1 aromatic rings. The number of ketones is 1. The molecule has 136 valence electrons. The fourth-order valence-corrected chi connectivity index (χ4v) is 3.50. The van der Waals surface area contributed by atoms with Gasteiger partial charge in [-0.15, -0.1) is 0 Å². The van der Waals surface area contributed by atoms with Crippen molar-refractivity contribution < 1.29 is 19.0 Å². The molecule has 0 fully saturated rings. The first-order valence-electron chi connectivity index (χ1n) is 8.83. The van der Waals surface area contributed by atoms with Crippen molar-refractivity contribution in [3.63, 3.8) is 0 Å². The summed E-state index contributed by atoms with van der Waals surface area (Å²) in [6.45, 7) is 2.60. The van der Waals surface area contributed by atoms with Gasteiger partial charge in [0, 0.05) is 24.3 Å². The summed E-state index contributed by atoms with van der Waals surface area (Å²) >= 11 is 0. The number of hydrogen-bond acceptors (Lipinski definition) is 6. The van der Waals surface area contributed by atoms with Crippen LogP contribution in [0.3, 0.4) is 0 Å². The van der Waals surface area contributed by atoms with E-state index in [1.165, 1.54) is 0 Å². The Kier molecular flexibility index (Phi) is 5.27. The van der Waals surface area contributed by atoms with Gasteiger partial charge in [0.25, 0.3) is 0 Å². The van der Waals surface area contributed by atoms with E-state index >= 15 is 0 Å². The molecule has 1 heterocycles. The molecule has 0 saturated heterocycles. The number of methoxy groups -OCH3 is 1. The molecule has 2 aliphatic rings. The van der Waals surface area contributed by atoms with Gasteiger partial charge in [0.2, 0.25) is 5.90 Å². The number of carbonyl (C=O) groups excluding carboxylic acids is 1. The van der Waals surface area contributed by atoms with Crippen LogP contribution in [0, 0.1) is 22.7 Å². The smallest absolute Gasteiger partial charge is 0.205 e. The minimum Gasteiger partial charge on any atom is -0.493 e. The molecule has 0 bridgehead atoms. The van der Waals surface area contributed by atoms with Crippen molar-refractivity contribution in [3.05, 3.63) is 35.1 Å². The van der Waals surface area contributed by atoms with E-state index in [1.54, 1.807) is 19.2 Å². The van der Waals surface area contributed by atoms with E-state index in [0.29, 0.717) is 48.7 Å². The molecule has 2 atom stereocenters. The van der Waals surface area contributed by atoms with Crippen molar-refractivity contribution in [1.82, 2.24) is 0 Å². The highest BCUT2D eigenvalue weighted by molar-refractivity contribution is 6.01. The zero-order chi connectivity index (χ0) is 18.7. The quantitative estimate of drug-likeness (QED) is 0.870. The Morgan fingerprint density at radius 3 is 2.85 bits per heavy atom. The molecular weight excluding hydrogens is 332 g/mol. The second kappa shape index (κ2) is 7.61. The summed E-state index contributed by atoms with van der Waals surface area (Å²) in [6, 6.07) is 7.57. The molecule has 0 amide bonds. The number of carbonyl (C=O) groups is 1. The SMILES string of the molecule is CCCOc1ccc(C2C3=C(CCCC3=O)OC(=N)C2C#N)cc1OC. The third kappa shape index (κ3) is 3.17. The van der Waals surface area contributed by atoms with Gasteiger partial charge < -0.3 is 14.2 Å². The van der Waals surface area contributed by atoms with Crippen molar-refractivity contribution in [2.45, 2.75) is 38.5 Å². The highest BCUT2D eigenvalue weighted by atomic mass is 16.5. The van der Waals surface area contributed by atoms with E-state index in [2.05, 4.69) is 6.07 Å². The molecule has 0 saturated carbocycles. The molecule has 1 aliphatic carbocycles. The third-order valence-electron chi connectivity index (χ3n) is 4.72. The van der Waals surface area contributed by atoms with Crippen molar-refractivity contribution in [2.75, 3.05) is 13.7 Å². The molecule has 0 radical (unpaired) electrons. The van der Waals surface area contributed by atoms with Crippen LogP contribution < -0.4 is 9.47 Å². The Bertz CT molecular complexity index is 807. The highest BCUT2D eigenvalue weighted by Crippen LogP contribution is 2.45. The van der Waals surface area contributed by atoms with E-state index in [1.807, 2.05) is 13.0 Å². The Balaban J connectivity index is 2.08. The standard InChI is InChI=1S/C20H22N2O4/c1-3-9-25-15-8-7-12(10-17(15)24-2)18-13(11-21)20(22)26-16-6-4-5-14(23)19(16)18/h7-8,10,13,18,22H,3-6,9H2,1-2H3. The number of allylic oxidation sites excluding steroid dienone is 2. The predicted octanol–water partition coefficient (Wildman–Crippen LogP) is 3.72. The van der Waals surface area contributed by atoms with Crippen molar-refractivity contribution in [1.29, 1.82) is 10.7 Å². The summed E-state index contributed by atoms with van der Waals surface area (Å²) in [7, 11) is 1.56. The molecule has 1 N–H and O–H groups in total. The van der Waals surface area contributed by atoms with Crippen LogP contribution in [0.1, 0.15) is 44.1 Å². The number of nitrogens with one attached hydrogen (secondary N) is 1. The molecular formula is C20H22N2O4. The first-order chi connectivity index (χ1) is 12.6. The molecule has 0 aromatic heterocycles. The number of rotatable bonds is 5. The lowest BCUT2D eigenvalue weighted by molar-refractivity contribution is -0.116. The fourth-order valence-electron chi connectivity index (χ4n) is 3.50. The maximum atomic E-state index is 12.6. The first-order valence-corrected chi connectivity index (χ1v) is 8.83. The van der Waals surface area contributed by atoms with Gasteiger partial charge in [-0.2, -0.15) is 5.26 Å². The van der Waals surface area contributed by atoms with E-state index in [9.17, 15) is 10.1 Å². The Morgan fingerprint density at radius 2 is 2.15 bits per heavy atom. The van der Waals surface area contributed by atoms with Gasteiger partial charge in [-0.25, -0.2) is 0 Å². The number of nitriles is 1. The molecule has 3 rings (SSSR count). The lowest BCUT2D eigenvalue weighted by Gasteiger charge is -2.34. The van der Waals surface area contributed by atoms with Gasteiger partial charge in [-0.1, -0.05) is 13.0 Å². The summed E-state index contributed by atoms with van der Waals surface area (Å²) < 4.78 is 16.6. The molecule has 2 unspecified atom stereocenters. The van der Waals surface area contributed by atoms with Gasteiger partial charge in [0.05, 0.1) is 19.8 Å². The summed E-state index contributed by atoms with van der Waals surface area (Å²) in [6.07, 6.45) is 2.65. The minimum atomic E-state index is -0.831. The van der Waals surface area contributed by atoms with Gasteiger partial charge in [0.1, 0.15) is 11.7 Å². The lowest BCUT2D eigenvalue weighted by atomic mass is 9.74. The monoisotopic (exact) mass is 354 g/mol. The zero-order valence-electron chi connectivity index (χ0n) is 15.0. The van der Waals surface area contributed by atoms with Crippen LogP contribution in [-0.4, -0.2) is 25.4 Å². The molecule has 1 aliphatic heterocycles. The maximum Gasteiger partial charge on any atom is 0.205 e. The average molecular weight is 354 g/mol. The van der Waals surface area contributed by atoms with Gasteiger partial charge in [0.15, 0.2) is 17.3 Å². The van der Waals surface area contributed by atoms with Crippen LogP contribution in [0.2, 0.25) is 0 Å². The van der Waals surface area contributed by atoms with E-state index in [0.717, 1.165) is 12.0 Å². The van der Waals surface area contributed by atoms with Crippen LogP contribution in [0.25, 0.3) is 0 Å². The Hall–Kier alpha value is -2.81. The lowest BCUT2D eigenvalue weighted by Crippen LogP contribution is -2.34. The van der Waals surface area contributed by atoms with Crippen LogP contribution in [0.4, 0.5) is 0 Å². The van der Waals surface area contributed by atoms with Crippen molar-refractivity contribution >= 4 is 11.7 Å². The summed E-state index contributed by atoms with van der Waals surface area (Å²) in [4.78, 5) is 12.6. The van der Waals surface area contributed by atoms with Crippen LogP contribution in [-0.2, 0) is 9.53 Å². The molecule has 0 spiro atoms. The molecule has 6 heteroatoms. The number of Topliss-reactive ketones (excluding diaryl/α,β-unsaturated/α-hetero) is 1. The number of hydrogen-bond donors (Lipinski definition) is 1. The van der Waals surface area contributed by atoms with E-state index < -0.39 is 11.8 Å². The largest absolute Gasteiger partial charge is 0.493 e. The van der Waals surface area contributed by atoms with Crippen molar-refractivity contribution in [2.24, 2.45) is 5.92 Å². The van der Waals surface area contributed by atoms with Gasteiger partial charge in [-0.05, 0) is 30.5 Å². The topological polar surface area (TPSA) is 92.4 Å². The second-order valence-corrected chi connectivity index (χ2v) is 6.42. The van der Waals surface area contributed by atoms with Crippen LogP contribution in [0.15, 0.2) is 29.5 Å². The summed E-state index contributed by atoms with van der Waals surface area (Å²) in [5, 5.41) is 17.7. The zero-order valence-corrected chi connectivity index (χ0v) is 15.0. The fraction of sp³-hybridized carbons (Fsp3) is 0.450. The predicted molar refractivity (Wildman–Crippen MR) is 95.3 cm³/mol. The van der Waals surface area contributed by atoms with Gasteiger partial charge in [-0.3, -0.25) is 10.2 Å². The van der Waals surface area contributed by atoms with E-state index in [4.69, 9.17) is 19.6 Å². The van der Waals surface area contributed by atoms with Crippen LogP contribution in [0.5, 0.6) is 11.5 Å². The average Bonchev–Trinajstić information content (AvgIpc) is 2.65. The molecule has 26 heavy (non-hydrogen) atoms. The Morgan fingerprint density at radius 1 is 1.35 bits per heavy atom. The maximum absolute atomic E-state index is 12.6. The molecule has 6 nitrogen and oxygen atoms in total. The first kappa shape index (κ1) is 18.0. The second-order valence-electron chi connectivity index (χ2n) is 6.42. The van der Waals surface area contributed by atoms with E-state index in [-0.39, 0.29) is 11.7 Å². The van der Waals surface area contributed by atoms with Crippen LogP contribution >= 0.6 is 0 Å². The van der Waals surface area contributed by atoms with Crippen molar-refractivity contribution in [3.8, 4) is 17.6 Å². The Labute approximate surface area is 152 Å². The van der Waals surface area contributed by atoms with Gasteiger partial charge >= 0.3 is 0 Å².